The molecule has 1 saturated heterocycles. The molecule has 0 aromatic heterocycles. The van der Waals surface area contributed by atoms with Gasteiger partial charge in [-0.1, -0.05) is 0 Å². The van der Waals surface area contributed by atoms with Crippen LogP contribution in [0.25, 0.3) is 0 Å². The fraction of sp³-hybridized carbons (Fsp3) is 0.438. The van der Waals surface area contributed by atoms with E-state index in [0.29, 0.717) is 44.0 Å². The van der Waals surface area contributed by atoms with Gasteiger partial charge in [0.15, 0.2) is 0 Å². The summed E-state index contributed by atoms with van der Waals surface area (Å²) in [5.41, 5.74) is 0.579. The lowest BCUT2D eigenvalue weighted by atomic mass is 10.2. The van der Waals surface area contributed by atoms with Crippen molar-refractivity contribution >= 4 is 12.0 Å². The molecular weight excluding hydrogens is 298 g/mol. The van der Waals surface area contributed by atoms with Gasteiger partial charge < -0.3 is 19.6 Å². The number of nitriles is 1. The second kappa shape index (κ2) is 8.03. The Morgan fingerprint density at radius 3 is 2.65 bits per heavy atom. The van der Waals surface area contributed by atoms with Crippen molar-refractivity contribution in [1.82, 2.24) is 9.80 Å². The number of hydrogen-bond donors (Lipinski definition) is 1. The smallest absolute Gasteiger partial charge is 0.407 e. The highest BCUT2D eigenvalue weighted by Gasteiger charge is 2.22. The van der Waals surface area contributed by atoms with Crippen LogP contribution in [0.2, 0.25) is 0 Å². The lowest BCUT2D eigenvalue weighted by Gasteiger charge is -2.21. The van der Waals surface area contributed by atoms with Crippen LogP contribution in [0.15, 0.2) is 24.3 Å². The molecule has 23 heavy (non-hydrogen) atoms. The molecule has 0 radical (unpaired) electrons. The molecule has 1 heterocycles. The van der Waals surface area contributed by atoms with Crippen molar-refractivity contribution in [3.63, 3.8) is 0 Å². The van der Waals surface area contributed by atoms with Gasteiger partial charge in [-0.25, -0.2) is 4.79 Å². The van der Waals surface area contributed by atoms with Crippen molar-refractivity contribution in [2.24, 2.45) is 0 Å². The van der Waals surface area contributed by atoms with E-state index in [-0.39, 0.29) is 18.9 Å². The van der Waals surface area contributed by atoms with Crippen LogP contribution >= 0.6 is 0 Å². The molecule has 0 spiro atoms. The topological polar surface area (TPSA) is 93.9 Å². The quantitative estimate of drug-likeness (QED) is 0.831. The summed E-state index contributed by atoms with van der Waals surface area (Å²) in [6.45, 7) is 2.02. The summed E-state index contributed by atoms with van der Waals surface area (Å²) in [5.74, 6) is 0.662. The Bertz CT molecular complexity index is 594. The Kier molecular flexibility index (Phi) is 5.80. The summed E-state index contributed by atoms with van der Waals surface area (Å²) in [4.78, 5) is 25.8. The SMILES string of the molecule is N#Cc1ccc(OCCCN2CCN(C(=O)O)CCC2=O)cc1. The first-order chi connectivity index (χ1) is 11.1. The Hall–Kier alpha value is -2.75. The van der Waals surface area contributed by atoms with Gasteiger partial charge >= 0.3 is 6.09 Å². The summed E-state index contributed by atoms with van der Waals surface area (Å²) < 4.78 is 5.57. The molecule has 0 saturated carbocycles. The highest BCUT2D eigenvalue weighted by molar-refractivity contribution is 5.77. The van der Waals surface area contributed by atoms with Crippen LogP contribution < -0.4 is 4.74 Å². The van der Waals surface area contributed by atoms with Gasteiger partial charge in [-0.15, -0.1) is 0 Å². The largest absolute Gasteiger partial charge is 0.494 e. The summed E-state index contributed by atoms with van der Waals surface area (Å²) in [7, 11) is 0. The highest BCUT2D eigenvalue weighted by Crippen LogP contribution is 2.12. The van der Waals surface area contributed by atoms with Gasteiger partial charge in [-0.05, 0) is 30.7 Å². The van der Waals surface area contributed by atoms with Crippen molar-refractivity contribution in [3.8, 4) is 11.8 Å². The van der Waals surface area contributed by atoms with Crippen molar-refractivity contribution in [1.29, 1.82) is 5.26 Å². The monoisotopic (exact) mass is 317 g/mol. The van der Waals surface area contributed by atoms with Crippen molar-refractivity contribution in [2.45, 2.75) is 12.8 Å². The number of rotatable bonds is 5. The minimum atomic E-state index is -0.983. The average Bonchev–Trinajstić information content (AvgIpc) is 2.74. The van der Waals surface area contributed by atoms with Crippen molar-refractivity contribution < 1.29 is 19.4 Å². The van der Waals surface area contributed by atoms with E-state index in [1.165, 1.54) is 4.90 Å². The zero-order valence-electron chi connectivity index (χ0n) is 12.8. The van der Waals surface area contributed by atoms with E-state index >= 15 is 0 Å². The molecule has 0 atom stereocenters. The number of nitrogens with zero attached hydrogens (tertiary/aromatic N) is 3. The molecule has 122 valence electrons. The number of ether oxygens (including phenoxy) is 1. The van der Waals surface area contributed by atoms with Crippen LogP contribution in [0.5, 0.6) is 5.75 Å². The first-order valence-corrected chi connectivity index (χ1v) is 7.49. The number of carbonyl (C=O) groups excluding carboxylic acids is 1. The Balaban J connectivity index is 1.73. The van der Waals surface area contributed by atoms with Gasteiger partial charge in [0.05, 0.1) is 18.2 Å². The molecule has 0 aliphatic carbocycles. The van der Waals surface area contributed by atoms with Crippen LogP contribution in [0, 0.1) is 11.3 Å². The third kappa shape index (κ3) is 4.88. The van der Waals surface area contributed by atoms with E-state index < -0.39 is 6.09 Å². The van der Waals surface area contributed by atoms with E-state index in [1.54, 1.807) is 29.2 Å². The fourth-order valence-corrected chi connectivity index (χ4v) is 2.37. The van der Waals surface area contributed by atoms with Gasteiger partial charge in [-0.2, -0.15) is 5.26 Å². The predicted octanol–water partition coefficient (Wildman–Crippen LogP) is 1.54. The first-order valence-electron chi connectivity index (χ1n) is 7.49. The standard InChI is InChI=1S/C16H19N3O4/c17-12-13-2-4-14(5-3-13)23-11-1-7-18-9-10-19(16(21)22)8-6-15(18)20/h2-5H,1,6-11H2,(H,21,22). The van der Waals surface area contributed by atoms with Crippen LogP contribution in [-0.4, -0.2) is 59.7 Å². The molecule has 1 fully saturated rings. The second-order valence-corrected chi connectivity index (χ2v) is 5.24. The lowest BCUT2D eigenvalue weighted by Crippen LogP contribution is -2.36. The van der Waals surface area contributed by atoms with Crippen LogP contribution in [0.1, 0.15) is 18.4 Å². The van der Waals surface area contributed by atoms with E-state index in [1.807, 2.05) is 6.07 Å². The van der Waals surface area contributed by atoms with E-state index in [4.69, 9.17) is 15.1 Å². The number of carbonyl (C=O) groups is 2. The van der Waals surface area contributed by atoms with Gasteiger partial charge in [0.25, 0.3) is 0 Å². The summed E-state index contributed by atoms with van der Waals surface area (Å²) >= 11 is 0. The maximum absolute atomic E-state index is 12.0. The molecule has 0 unspecified atom stereocenters. The van der Waals surface area contributed by atoms with Crippen LogP contribution in [0.3, 0.4) is 0 Å². The molecule has 2 amide bonds. The second-order valence-electron chi connectivity index (χ2n) is 5.24. The minimum absolute atomic E-state index is 0.0212. The first kappa shape index (κ1) is 16.6. The molecule has 1 N–H and O–H groups in total. The number of benzene rings is 1. The molecule has 1 aliphatic rings. The van der Waals surface area contributed by atoms with Gasteiger partial charge in [0, 0.05) is 32.6 Å². The van der Waals surface area contributed by atoms with E-state index in [0.717, 1.165) is 0 Å². The van der Waals surface area contributed by atoms with Gasteiger partial charge in [-0.3, -0.25) is 4.79 Å². The molecule has 0 bridgehead atoms. The number of hydrogen-bond acceptors (Lipinski definition) is 4. The number of amides is 2. The third-order valence-corrected chi connectivity index (χ3v) is 3.68. The van der Waals surface area contributed by atoms with E-state index in [2.05, 4.69) is 0 Å². The molecule has 2 rings (SSSR count). The lowest BCUT2D eigenvalue weighted by molar-refractivity contribution is -0.130. The zero-order chi connectivity index (χ0) is 16.7. The van der Waals surface area contributed by atoms with Crippen molar-refractivity contribution in [3.05, 3.63) is 29.8 Å². The van der Waals surface area contributed by atoms with Crippen LogP contribution in [-0.2, 0) is 4.79 Å². The Labute approximate surface area is 134 Å². The zero-order valence-corrected chi connectivity index (χ0v) is 12.8. The maximum Gasteiger partial charge on any atom is 0.407 e. The Morgan fingerprint density at radius 2 is 2.00 bits per heavy atom. The fourth-order valence-electron chi connectivity index (χ4n) is 2.37. The third-order valence-electron chi connectivity index (χ3n) is 3.68. The predicted molar refractivity (Wildman–Crippen MR) is 82.1 cm³/mol. The molecule has 7 heteroatoms. The highest BCUT2D eigenvalue weighted by atomic mass is 16.5. The molecule has 1 aliphatic heterocycles. The summed E-state index contributed by atoms with van der Waals surface area (Å²) in [6.07, 6.45) is -0.0921. The maximum atomic E-state index is 12.0. The molecule has 7 nitrogen and oxygen atoms in total. The van der Waals surface area contributed by atoms with Gasteiger partial charge in [0.2, 0.25) is 5.91 Å². The van der Waals surface area contributed by atoms with E-state index in [9.17, 15) is 9.59 Å². The molecular formula is C16H19N3O4. The van der Waals surface area contributed by atoms with Gasteiger partial charge in [0.1, 0.15) is 5.75 Å². The molecule has 1 aromatic rings. The van der Waals surface area contributed by atoms with Crippen molar-refractivity contribution in [2.75, 3.05) is 32.8 Å². The molecule has 1 aromatic carbocycles. The normalized spacial score (nSPS) is 15.0. The average molecular weight is 317 g/mol. The minimum Gasteiger partial charge on any atom is -0.494 e. The Morgan fingerprint density at radius 1 is 1.26 bits per heavy atom. The summed E-state index contributed by atoms with van der Waals surface area (Å²) in [6, 6.07) is 8.89. The summed E-state index contributed by atoms with van der Waals surface area (Å²) in [5, 5.41) is 17.7. The number of carboxylic acid groups (broad SMARTS) is 1. The van der Waals surface area contributed by atoms with Crippen LogP contribution in [0.4, 0.5) is 4.79 Å².